The minimum Gasteiger partial charge on any atom is -0.286 e. The summed E-state index contributed by atoms with van der Waals surface area (Å²) in [5.74, 6) is 0.432. The molecular formula is C19H26N6. The van der Waals surface area contributed by atoms with Crippen LogP contribution in [0.25, 0.3) is 0 Å². The van der Waals surface area contributed by atoms with E-state index in [4.69, 9.17) is 5.41 Å². The normalized spacial score (nSPS) is 18.2. The summed E-state index contributed by atoms with van der Waals surface area (Å²) in [6.45, 7) is 5.18. The minimum absolute atomic E-state index is 0.432. The van der Waals surface area contributed by atoms with E-state index in [0.29, 0.717) is 5.96 Å². The second-order valence-electron chi connectivity index (χ2n) is 5.91. The Labute approximate surface area is 150 Å². The number of rotatable bonds is 5. The molecule has 0 atom stereocenters. The van der Waals surface area contributed by atoms with E-state index in [1.165, 1.54) is 0 Å². The van der Waals surface area contributed by atoms with Gasteiger partial charge in [0.05, 0.1) is 19.6 Å². The van der Waals surface area contributed by atoms with E-state index >= 15 is 0 Å². The molecule has 0 amide bonds. The van der Waals surface area contributed by atoms with Gasteiger partial charge < -0.3 is 0 Å². The second kappa shape index (κ2) is 8.28. The van der Waals surface area contributed by atoms with E-state index < -0.39 is 0 Å². The van der Waals surface area contributed by atoms with Crippen molar-refractivity contribution in [2.75, 3.05) is 26.2 Å². The van der Waals surface area contributed by atoms with Crippen LogP contribution in [-0.2, 0) is 0 Å². The Balaban J connectivity index is 1.85. The summed E-state index contributed by atoms with van der Waals surface area (Å²) in [5.41, 5.74) is 0. The molecule has 0 unspecified atom stereocenters. The fraction of sp³-hybridized carbons (Fsp3) is 0.316. The lowest BCUT2D eigenvalue weighted by Crippen LogP contribution is -2.60. The summed E-state index contributed by atoms with van der Waals surface area (Å²) in [4.78, 5) is 0. The zero-order valence-electron chi connectivity index (χ0n) is 14.7. The molecule has 3 aliphatic heterocycles. The van der Waals surface area contributed by atoms with E-state index in [1.54, 1.807) is 0 Å². The fourth-order valence-electron chi connectivity index (χ4n) is 2.89. The molecule has 0 radical (unpaired) electrons. The van der Waals surface area contributed by atoms with Crippen molar-refractivity contribution >= 4 is 5.96 Å². The van der Waals surface area contributed by atoms with Crippen LogP contribution < -0.4 is 0 Å². The van der Waals surface area contributed by atoms with Crippen LogP contribution in [0.3, 0.4) is 0 Å². The number of allylic oxidation sites excluding steroid dienone is 6. The lowest BCUT2D eigenvalue weighted by Gasteiger charge is -2.47. The predicted molar refractivity (Wildman–Crippen MR) is 102 cm³/mol. The van der Waals surface area contributed by atoms with Crippen LogP contribution in [0, 0.1) is 5.41 Å². The highest BCUT2D eigenvalue weighted by atomic mass is 15.9. The maximum Gasteiger partial charge on any atom is 0.252 e. The van der Waals surface area contributed by atoms with Crippen LogP contribution in [0.4, 0.5) is 0 Å². The van der Waals surface area contributed by atoms with E-state index in [9.17, 15) is 0 Å². The summed E-state index contributed by atoms with van der Waals surface area (Å²) in [6.07, 6.45) is 25.4. The van der Waals surface area contributed by atoms with Gasteiger partial charge in [0.1, 0.15) is 0 Å². The molecule has 0 saturated carbocycles. The maximum absolute atomic E-state index is 8.97. The smallest absolute Gasteiger partial charge is 0.252 e. The molecule has 0 fully saturated rings. The summed E-state index contributed by atoms with van der Waals surface area (Å²) in [6, 6.07) is 0. The first-order valence-electron chi connectivity index (χ1n) is 8.77. The molecule has 1 N–H and O–H groups in total. The van der Waals surface area contributed by atoms with Gasteiger partial charge in [-0.15, -0.1) is 0 Å². The van der Waals surface area contributed by atoms with Crippen LogP contribution in [0.5, 0.6) is 0 Å². The Morgan fingerprint density at radius 1 is 0.800 bits per heavy atom. The second-order valence-corrected chi connectivity index (χ2v) is 5.91. The van der Waals surface area contributed by atoms with Crippen molar-refractivity contribution in [1.29, 1.82) is 5.41 Å². The molecule has 0 saturated heterocycles. The molecule has 3 aliphatic rings. The third-order valence-electron chi connectivity index (χ3n) is 4.06. The first-order valence-corrected chi connectivity index (χ1v) is 8.77. The van der Waals surface area contributed by atoms with Crippen molar-refractivity contribution in [1.82, 2.24) is 25.2 Å². The highest BCUT2D eigenvalue weighted by molar-refractivity contribution is 5.76. The van der Waals surface area contributed by atoms with Crippen molar-refractivity contribution in [2.45, 2.75) is 13.3 Å². The SMILES string of the molecule is CCCN(C(=N)N(N1C=CC=CC1)N1C=CC=CC1)N1C=CC=CC1. The lowest BCUT2D eigenvalue weighted by atomic mass is 10.3. The van der Waals surface area contributed by atoms with Crippen molar-refractivity contribution in [3.8, 4) is 0 Å². The van der Waals surface area contributed by atoms with Gasteiger partial charge in [-0.3, -0.25) is 25.4 Å². The first kappa shape index (κ1) is 17.0. The number of hydrogen-bond acceptors (Lipinski definition) is 4. The molecule has 0 aromatic heterocycles. The quantitative estimate of drug-likeness (QED) is 0.617. The molecule has 0 spiro atoms. The number of hydrazine groups is 3. The number of nitrogens with zero attached hydrogens (tertiary/aromatic N) is 5. The topological polar surface area (TPSA) is 40.1 Å². The number of hydrogen-bond donors (Lipinski definition) is 1. The van der Waals surface area contributed by atoms with Gasteiger partial charge in [0, 0.05) is 25.1 Å². The minimum atomic E-state index is 0.432. The lowest BCUT2D eigenvalue weighted by molar-refractivity contribution is -0.0793. The van der Waals surface area contributed by atoms with Gasteiger partial charge in [-0.1, -0.05) is 43.4 Å². The van der Waals surface area contributed by atoms with Crippen molar-refractivity contribution in [3.05, 3.63) is 73.3 Å². The molecule has 3 heterocycles. The van der Waals surface area contributed by atoms with Crippen LogP contribution in [0.15, 0.2) is 73.3 Å². The zero-order valence-corrected chi connectivity index (χ0v) is 14.7. The summed E-state index contributed by atoms with van der Waals surface area (Å²) >= 11 is 0. The van der Waals surface area contributed by atoms with Crippen molar-refractivity contribution in [2.24, 2.45) is 0 Å². The predicted octanol–water partition coefficient (Wildman–Crippen LogP) is 2.84. The Bertz CT molecular complexity index is 612. The van der Waals surface area contributed by atoms with Crippen LogP contribution in [0.1, 0.15) is 13.3 Å². The third kappa shape index (κ3) is 3.96. The van der Waals surface area contributed by atoms with Gasteiger partial charge in [-0.25, -0.2) is 0 Å². The van der Waals surface area contributed by atoms with Crippen molar-refractivity contribution in [3.63, 3.8) is 0 Å². The Kier molecular flexibility index (Phi) is 5.61. The van der Waals surface area contributed by atoms with Gasteiger partial charge in [0.15, 0.2) is 0 Å². The highest BCUT2D eigenvalue weighted by Crippen LogP contribution is 2.17. The Morgan fingerprint density at radius 3 is 1.68 bits per heavy atom. The van der Waals surface area contributed by atoms with E-state index in [2.05, 4.69) is 40.2 Å². The molecule has 25 heavy (non-hydrogen) atoms. The average Bonchev–Trinajstić information content (AvgIpc) is 2.68. The largest absolute Gasteiger partial charge is 0.286 e. The van der Waals surface area contributed by atoms with Gasteiger partial charge >= 0.3 is 0 Å². The molecule has 0 bridgehead atoms. The summed E-state index contributed by atoms with van der Waals surface area (Å²) in [5, 5.41) is 19.1. The summed E-state index contributed by atoms with van der Waals surface area (Å²) < 4.78 is 0. The molecule has 3 rings (SSSR count). The van der Waals surface area contributed by atoms with Crippen molar-refractivity contribution < 1.29 is 0 Å². The molecule has 0 aliphatic carbocycles. The third-order valence-corrected chi connectivity index (χ3v) is 4.06. The van der Waals surface area contributed by atoms with Gasteiger partial charge in [0.25, 0.3) is 5.96 Å². The maximum atomic E-state index is 8.97. The van der Waals surface area contributed by atoms with Gasteiger partial charge in [-0.05, 0) is 24.6 Å². The number of nitrogens with one attached hydrogen (secondary N) is 1. The monoisotopic (exact) mass is 338 g/mol. The van der Waals surface area contributed by atoms with E-state index in [-0.39, 0.29) is 0 Å². The van der Waals surface area contributed by atoms with E-state index in [0.717, 1.165) is 32.6 Å². The first-order chi connectivity index (χ1) is 12.3. The van der Waals surface area contributed by atoms with Crippen LogP contribution in [0.2, 0.25) is 0 Å². The van der Waals surface area contributed by atoms with E-state index in [1.807, 2.05) is 65.2 Å². The van der Waals surface area contributed by atoms with Gasteiger partial charge in [0.2, 0.25) is 0 Å². The van der Waals surface area contributed by atoms with Gasteiger partial charge in [-0.2, -0.15) is 5.12 Å². The molecule has 132 valence electrons. The Hall–Kier alpha value is -2.89. The standard InChI is InChI=1S/C19H26N6/c1-2-12-24(21-13-6-3-7-14-21)19(20)25(22-15-8-4-9-16-22)23-17-10-5-11-18-23/h3-11,13,15,17,20H,2,12,14,16,18H2,1H3. The Morgan fingerprint density at radius 2 is 1.28 bits per heavy atom. The molecule has 6 nitrogen and oxygen atoms in total. The van der Waals surface area contributed by atoms with Crippen LogP contribution in [-0.4, -0.2) is 57.3 Å². The fourth-order valence-corrected chi connectivity index (χ4v) is 2.89. The van der Waals surface area contributed by atoms with Crippen LogP contribution >= 0.6 is 0 Å². The molecule has 0 aromatic carbocycles. The average molecular weight is 338 g/mol. The molecule has 0 aromatic rings. The molecule has 6 heteroatoms. The number of guanidine groups is 1. The zero-order chi connectivity index (χ0) is 17.5. The summed E-state index contributed by atoms with van der Waals surface area (Å²) in [7, 11) is 0. The highest BCUT2D eigenvalue weighted by Gasteiger charge is 2.28. The molecular weight excluding hydrogens is 312 g/mol.